The van der Waals surface area contributed by atoms with Gasteiger partial charge in [-0.15, -0.1) is 0 Å². The third kappa shape index (κ3) is 4.70. The van der Waals surface area contributed by atoms with Crippen molar-refractivity contribution >= 4 is 7.60 Å². The summed E-state index contributed by atoms with van der Waals surface area (Å²) in [5, 5.41) is 39.5. The van der Waals surface area contributed by atoms with Gasteiger partial charge in [0.15, 0.2) is 6.29 Å². The molecular weight excluding hydrogens is 319 g/mol. The zero-order valence-electron chi connectivity index (χ0n) is 12.9. The number of hydrogen-bond acceptors (Lipinski definition) is 9. The maximum absolute atomic E-state index is 12.4. The SMILES string of the molecule is CCOP(=O)(C[C@H](O)[C@H]1O[C@H](OC)[C@@H](O)[C@@H](O)[C@@H]1O)OCC. The molecule has 0 saturated carbocycles. The number of aliphatic hydroxyl groups is 4. The van der Waals surface area contributed by atoms with Crippen LogP contribution in [-0.4, -0.2) is 83.7 Å². The molecule has 1 aliphatic rings. The normalized spacial score (nSPS) is 34.6. The van der Waals surface area contributed by atoms with Gasteiger partial charge in [-0.25, -0.2) is 0 Å². The summed E-state index contributed by atoms with van der Waals surface area (Å²) in [6.45, 7) is 3.51. The minimum absolute atomic E-state index is 0.125. The van der Waals surface area contributed by atoms with Crippen LogP contribution in [0.3, 0.4) is 0 Å². The lowest BCUT2D eigenvalue weighted by atomic mass is 9.96. The summed E-state index contributed by atoms with van der Waals surface area (Å²) < 4.78 is 32.6. The predicted molar refractivity (Wildman–Crippen MR) is 75.4 cm³/mol. The lowest BCUT2D eigenvalue weighted by molar-refractivity contribution is -0.302. The quantitative estimate of drug-likeness (QED) is 0.412. The van der Waals surface area contributed by atoms with E-state index in [0.717, 1.165) is 0 Å². The number of hydrogen-bond donors (Lipinski definition) is 4. The predicted octanol–water partition coefficient (Wildman–Crippen LogP) is -0.933. The molecule has 0 radical (unpaired) electrons. The van der Waals surface area contributed by atoms with Gasteiger partial charge in [-0.2, -0.15) is 0 Å². The first-order valence-corrected chi connectivity index (χ1v) is 8.81. The van der Waals surface area contributed by atoms with Crippen LogP contribution < -0.4 is 0 Å². The van der Waals surface area contributed by atoms with Crippen LogP contribution in [0.25, 0.3) is 0 Å². The van der Waals surface area contributed by atoms with Crippen LogP contribution in [0.2, 0.25) is 0 Å². The van der Waals surface area contributed by atoms with Gasteiger partial charge in [0.2, 0.25) is 0 Å². The molecule has 1 saturated heterocycles. The van der Waals surface area contributed by atoms with Crippen molar-refractivity contribution in [1.29, 1.82) is 0 Å². The van der Waals surface area contributed by atoms with Gasteiger partial charge in [0.1, 0.15) is 24.4 Å². The van der Waals surface area contributed by atoms with Gasteiger partial charge in [0.25, 0.3) is 0 Å². The Balaban J connectivity index is 2.81. The molecule has 0 spiro atoms. The van der Waals surface area contributed by atoms with E-state index in [2.05, 4.69) is 0 Å². The average molecular weight is 344 g/mol. The van der Waals surface area contributed by atoms with Gasteiger partial charge >= 0.3 is 7.60 Å². The molecule has 0 aliphatic carbocycles. The van der Waals surface area contributed by atoms with Crippen LogP contribution in [0.15, 0.2) is 0 Å². The standard InChI is InChI=1S/C12H25O9P/c1-4-19-22(17,20-5-2)6-7(13)11-9(15)8(14)10(16)12(18-3)21-11/h7-16H,4-6H2,1-3H3/t7-,8-,9-,10-,11+,12-/m0/s1. The van der Waals surface area contributed by atoms with Gasteiger partial charge in [0.05, 0.1) is 25.5 Å². The Kier molecular flexibility index (Phi) is 7.87. The Morgan fingerprint density at radius 2 is 1.64 bits per heavy atom. The van der Waals surface area contributed by atoms with Gasteiger partial charge < -0.3 is 38.9 Å². The Labute approximate surface area is 129 Å². The monoisotopic (exact) mass is 344 g/mol. The Morgan fingerprint density at radius 1 is 1.09 bits per heavy atom. The van der Waals surface area contributed by atoms with E-state index >= 15 is 0 Å². The van der Waals surface area contributed by atoms with Crippen LogP contribution in [0.4, 0.5) is 0 Å². The first kappa shape index (κ1) is 20.0. The fraction of sp³-hybridized carbons (Fsp3) is 1.00. The van der Waals surface area contributed by atoms with Crippen LogP contribution >= 0.6 is 7.60 Å². The van der Waals surface area contributed by atoms with E-state index in [1.54, 1.807) is 13.8 Å². The van der Waals surface area contributed by atoms with Crippen molar-refractivity contribution in [3.8, 4) is 0 Å². The van der Waals surface area contributed by atoms with Crippen molar-refractivity contribution < 1.29 is 43.5 Å². The van der Waals surface area contributed by atoms with Crippen LogP contribution in [0, 0.1) is 0 Å². The lowest BCUT2D eigenvalue weighted by Gasteiger charge is -2.41. The fourth-order valence-corrected chi connectivity index (χ4v) is 3.99. The summed E-state index contributed by atoms with van der Waals surface area (Å²) in [7, 11) is -2.31. The maximum Gasteiger partial charge on any atom is 0.333 e. The first-order chi connectivity index (χ1) is 10.3. The molecule has 9 nitrogen and oxygen atoms in total. The van der Waals surface area contributed by atoms with Gasteiger partial charge in [-0.3, -0.25) is 4.57 Å². The second kappa shape index (κ2) is 8.68. The molecule has 22 heavy (non-hydrogen) atoms. The Hall–Kier alpha value is -0.0900. The van der Waals surface area contributed by atoms with Crippen molar-refractivity contribution in [2.75, 3.05) is 26.5 Å². The molecule has 0 aromatic carbocycles. The molecule has 10 heteroatoms. The minimum atomic E-state index is -3.56. The smallest absolute Gasteiger partial charge is 0.333 e. The molecule has 0 unspecified atom stereocenters. The molecule has 6 atom stereocenters. The van der Waals surface area contributed by atoms with Crippen molar-refractivity contribution in [2.24, 2.45) is 0 Å². The van der Waals surface area contributed by atoms with Crippen molar-refractivity contribution in [3.63, 3.8) is 0 Å². The second-order valence-electron chi connectivity index (χ2n) is 4.87. The minimum Gasteiger partial charge on any atom is -0.390 e. The third-order valence-electron chi connectivity index (χ3n) is 3.28. The van der Waals surface area contributed by atoms with Gasteiger partial charge in [-0.1, -0.05) is 0 Å². The maximum atomic E-state index is 12.4. The highest BCUT2D eigenvalue weighted by Crippen LogP contribution is 2.49. The Morgan fingerprint density at radius 3 is 2.09 bits per heavy atom. The summed E-state index contributed by atoms with van der Waals surface area (Å²) in [6, 6.07) is 0. The zero-order chi connectivity index (χ0) is 16.9. The highest BCUT2D eigenvalue weighted by molar-refractivity contribution is 7.53. The topological polar surface area (TPSA) is 135 Å². The van der Waals surface area contributed by atoms with E-state index in [1.807, 2.05) is 0 Å². The van der Waals surface area contributed by atoms with Crippen LogP contribution in [-0.2, 0) is 23.1 Å². The van der Waals surface area contributed by atoms with E-state index in [1.165, 1.54) is 7.11 Å². The molecular formula is C12H25O9P. The lowest BCUT2D eigenvalue weighted by Crippen LogP contribution is -2.61. The highest BCUT2D eigenvalue weighted by Gasteiger charge is 2.48. The van der Waals surface area contributed by atoms with Crippen LogP contribution in [0.1, 0.15) is 13.8 Å². The molecule has 1 heterocycles. The fourth-order valence-electron chi connectivity index (χ4n) is 2.26. The summed E-state index contributed by atoms with van der Waals surface area (Å²) in [6.07, 6.45) is -9.01. The highest BCUT2D eigenvalue weighted by atomic mass is 31.2. The molecule has 1 fully saturated rings. The molecule has 4 N–H and O–H groups in total. The van der Waals surface area contributed by atoms with Crippen molar-refractivity contribution in [2.45, 2.75) is 50.7 Å². The van der Waals surface area contributed by atoms with Crippen molar-refractivity contribution in [3.05, 3.63) is 0 Å². The summed E-state index contributed by atoms with van der Waals surface area (Å²) in [4.78, 5) is 0. The molecule has 0 aromatic heterocycles. The Bertz CT molecular complexity index is 368. The largest absolute Gasteiger partial charge is 0.390 e. The van der Waals surface area contributed by atoms with E-state index in [4.69, 9.17) is 18.5 Å². The number of methoxy groups -OCH3 is 1. The second-order valence-corrected chi connectivity index (χ2v) is 6.98. The summed E-state index contributed by atoms with van der Waals surface area (Å²) in [5.41, 5.74) is 0. The van der Waals surface area contributed by atoms with E-state index < -0.39 is 50.6 Å². The first-order valence-electron chi connectivity index (χ1n) is 7.08. The van der Waals surface area contributed by atoms with Gasteiger partial charge in [0, 0.05) is 7.11 Å². The molecule has 0 aromatic rings. The molecule has 1 rings (SSSR count). The number of ether oxygens (including phenoxy) is 2. The van der Waals surface area contributed by atoms with Crippen molar-refractivity contribution in [1.82, 2.24) is 0 Å². The third-order valence-corrected chi connectivity index (χ3v) is 5.40. The van der Waals surface area contributed by atoms with Gasteiger partial charge in [-0.05, 0) is 13.8 Å². The summed E-state index contributed by atoms with van der Waals surface area (Å²) >= 11 is 0. The average Bonchev–Trinajstić information content (AvgIpc) is 2.45. The zero-order valence-corrected chi connectivity index (χ0v) is 13.8. The number of rotatable bonds is 8. The number of aliphatic hydroxyl groups excluding tert-OH is 4. The van der Waals surface area contributed by atoms with Crippen LogP contribution in [0.5, 0.6) is 0 Å². The summed E-state index contributed by atoms with van der Waals surface area (Å²) in [5.74, 6) is 0. The molecule has 0 amide bonds. The van der Waals surface area contributed by atoms with E-state index in [-0.39, 0.29) is 13.2 Å². The van der Waals surface area contributed by atoms with E-state index in [0.29, 0.717) is 0 Å². The molecule has 132 valence electrons. The van der Waals surface area contributed by atoms with E-state index in [9.17, 15) is 25.0 Å². The molecule has 0 bridgehead atoms. The molecule has 1 aliphatic heterocycles.